The highest BCUT2D eigenvalue weighted by molar-refractivity contribution is 5.95. The molecular weight excluding hydrogens is 344 g/mol. The summed E-state index contributed by atoms with van der Waals surface area (Å²) in [5.74, 6) is 0.689. The van der Waals surface area contributed by atoms with Gasteiger partial charge in [-0.25, -0.2) is 4.98 Å². The SMILES string of the molecule is Cc1nc(-c2ccc(NC(=O)CNC(=O)[C@@H](N)C(C)C)cc2)n[nH]1.Cl. The molecule has 2 rings (SSSR count). The van der Waals surface area contributed by atoms with Crippen molar-refractivity contribution in [2.24, 2.45) is 11.7 Å². The molecule has 8 nitrogen and oxygen atoms in total. The van der Waals surface area contributed by atoms with Crippen molar-refractivity contribution >= 4 is 29.9 Å². The van der Waals surface area contributed by atoms with E-state index in [0.29, 0.717) is 11.5 Å². The first kappa shape index (κ1) is 20.6. The van der Waals surface area contributed by atoms with Crippen LogP contribution in [0.2, 0.25) is 0 Å². The van der Waals surface area contributed by atoms with Crippen molar-refractivity contribution in [1.82, 2.24) is 20.5 Å². The molecule has 1 atom stereocenters. The minimum Gasteiger partial charge on any atom is -0.346 e. The Kier molecular flexibility index (Phi) is 7.53. The molecule has 0 saturated carbocycles. The van der Waals surface area contributed by atoms with Gasteiger partial charge in [-0.1, -0.05) is 13.8 Å². The zero-order valence-corrected chi connectivity index (χ0v) is 15.2. The van der Waals surface area contributed by atoms with Gasteiger partial charge in [0.25, 0.3) is 0 Å². The Balaban J connectivity index is 0.00000312. The molecule has 1 aromatic heterocycles. The number of nitrogens with one attached hydrogen (secondary N) is 3. The highest BCUT2D eigenvalue weighted by Gasteiger charge is 2.17. The van der Waals surface area contributed by atoms with Crippen molar-refractivity contribution in [3.8, 4) is 11.4 Å². The van der Waals surface area contributed by atoms with Crippen LogP contribution in [-0.4, -0.2) is 39.6 Å². The van der Waals surface area contributed by atoms with E-state index < -0.39 is 6.04 Å². The third-order valence-corrected chi connectivity index (χ3v) is 3.47. The summed E-state index contributed by atoms with van der Waals surface area (Å²) < 4.78 is 0. The first-order valence-electron chi connectivity index (χ1n) is 7.69. The van der Waals surface area contributed by atoms with Crippen LogP contribution in [-0.2, 0) is 9.59 Å². The Morgan fingerprint density at radius 3 is 2.40 bits per heavy atom. The molecule has 0 aliphatic carbocycles. The fourth-order valence-corrected chi connectivity index (χ4v) is 1.97. The Hall–Kier alpha value is -2.45. The van der Waals surface area contributed by atoms with Crippen LogP contribution >= 0.6 is 12.4 Å². The number of aryl methyl sites for hydroxylation is 1. The molecule has 136 valence electrons. The summed E-state index contributed by atoms with van der Waals surface area (Å²) >= 11 is 0. The maximum Gasteiger partial charge on any atom is 0.243 e. The van der Waals surface area contributed by atoms with E-state index in [1.165, 1.54) is 0 Å². The van der Waals surface area contributed by atoms with Crippen LogP contribution in [0, 0.1) is 12.8 Å². The summed E-state index contributed by atoms with van der Waals surface area (Å²) in [5, 5.41) is 12.1. The number of aromatic amines is 1. The number of amides is 2. The average Bonchev–Trinajstić information content (AvgIpc) is 2.99. The molecule has 9 heteroatoms. The van der Waals surface area contributed by atoms with E-state index in [-0.39, 0.29) is 36.7 Å². The standard InChI is InChI=1S/C16H22N6O2.ClH/c1-9(2)14(17)16(24)18-8-13(23)20-12-6-4-11(5-7-12)15-19-10(3)21-22-15;/h4-7,9,14H,8,17H2,1-3H3,(H,18,24)(H,20,23)(H,19,21,22);1H/t14-;/m0./s1. The lowest BCUT2D eigenvalue weighted by Gasteiger charge is -2.15. The third-order valence-electron chi connectivity index (χ3n) is 3.47. The number of hydrogen-bond donors (Lipinski definition) is 4. The predicted octanol–water partition coefficient (Wildman–Crippen LogP) is 1.24. The molecule has 25 heavy (non-hydrogen) atoms. The number of carbonyl (C=O) groups excluding carboxylic acids is 2. The molecule has 2 aromatic rings. The molecule has 1 heterocycles. The van der Waals surface area contributed by atoms with Crippen molar-refractivity contribution in [1.29, 1.82) is 0 Å². The van der Waals surface area contributed by atoms with Crippen LogP contribution in [0.3, 0.4) is 0 Å². The molecule has 0 radical (unpaired) electrons. The topological polar surface area (TPSA) is 126 Å². The van der Waals surface area contributed by atoms with Gasteiger partial charge in [-0.05, 0) is 37.1 Å². The molecule has 2 amide bonds. The summed E-state index contributed by atoms with van der Waals surface area (Å²) in [7, 11) is 0. The number of halogens is 1. The first-order chi connectivity index (χ1) is 11.4. The smallest absolute Gasteiger partial charge is 0.243 e. The predicted molar refractivity (Wildman–Crippen MR) is 98.3 cm³/mol. The van der Waals surface area contributed by atoms with Crippen LogP contribution in [0.5, 0.6) is 0 Å². The number of hydrogen-bond acceptors (Lipinski definition) is 5. The quantitative estimate of drug-likeness (QED) is 0.612. The number of aromatic nitrogens is 3. The average molecular weight is 367 g/mol. The lowest BCUT2D eigenvalue weighted by atomic mass is 10.1. The first-order valence-corrected chi connectivity index (χ1v) is 7.69. The highest BCUT2D eigenvalue weighted by atomic mass is 35.5. The Bertz CT molecular complexity index is 714. The number of nitrogens with zero attached hydrogens (tertiary/aromatic N) is 2. The van der Waals surface area contributed by atoms with Crippen LogP contribution in [0.25, 0.3) is 11.4 Å². The maximum atomic E-state index is 11.9. The van der Waals surface area contributed by atoms with Gasteiger partial charge < -0.3 is 16.4 Å². The van der Waals surface area contributed by atoms with Crippen molar-refractivity contribution in [3.63, 3.8) is 0 Å². The molecule has 0 saturated heterocycles. The number of H-pyrrole nitrogens is 1. The van der Waals surface area contributed by atoms with Crippen molar-refractivity contribution in [2.75, 3.05) is 11.9 Å². The van der Waals surface area contributed by atoms with Crippen LogP contribution in [0.1, 0.15) is 19.7 Å². The molecule has 0 spiro atoms. The lowest BCUT2D eigenvalue weighted by molar-refractivity contribution is -0.125. The Labute approximate surface area is 152 Å². The zero-order valence-electron chi connectivity index (χ0n) is 14.4. The summed E-state index contributed by atoms with van der Waals surface area (Å²) in [4.78, 5) is 27.8. The van der Waals surface area contributed by atoms with E-state index in [1.807, 2.05) is 32.9 Å². The minimum absolute atomic E-state index is 0. The maximum absolute atomic E-state index is 11.9. The van der Waals surface area contributed by atoms with E-state index in [1.54, 1.807) is 12.1 Å². The van der Waals surface area contributed by atoms with Crippen molar-refractivity contribution in [2.45, 2.75) is 26.8 Å². The zero-order chi connectivity index (χ0) is 17.7. The van der Waals surface area contributed by atoms with Crippen LogP contribution < -0.4 is 16.4 Å². The van der Waals surface area contributed by atoms with Crippen LogP contribution in [0.15, 0.2) is 24.3 Å². The van der Waals surface area contributed by atoms with E-state index in [4.69, 9.17) is 5.73 Å². The number of anilines is 1. The minimum atomic E-state index is -0.623. The number of benzene rings is 1. The van der Waals surface area contributed by atoms with E-state index >= 15 is 0 Å². The normalized spacial score (nSPS) is 11.6. The summed E-state index contributed by atoms with van der Waals surface area (Å²) in [6.45, 7) is 5.40. The number of carbonyl (C=O) groups is 2. The van der Waals surface area contributed by atoms with Gasteiger partial charge in [0.2, 0.25) is 11.8 Å². The second kappa shape index (κ2) is 9.14. The third kappa shape index (κ3) is 5.84. The Morgan fingerprint density at radius 1 is 1.24 bits per heavy atom. The summed E-state index contributed by atoms with van der Waals surface area (Å²) in [5.41, 5.74) is 7.18. The lowest BCUT2D eigenvalue weighted by Crippen LogP contribution is -2.46. The molecule has 1 aromatic carbocycles. The highest BCUT2D eigenvalue weighted by Crippen LogP contribution is 2.17. The molecule has 0 aliphatic heterocycles. The Morgan fingerprint density at radius 2 is 1.88 bits per heavy atom. The molecule has 0 unspecified atom stereocenters. The fraction of sp³-hybridized carbons (Fsp3) is 0.375. The largest absolute Gasteiger partial charge is 0.346 e. The number of rotatable bonds is 6. The molecule has 5 N–H and O–H groups in total. The molecular formula is C16H23ClN6O2. The second-order valence-electron chi connectivity index (χ2n) is 5.86. The van der Waals surface area contributed by atoms with Crippen molar-refractivity contribution < 1.29 is 9.59 Å². The van der Waals surface area contributed by atoms with Gasteiger partial charge >= 0.3 is 0 Å². The van der Waals surface area contributed by atoms with Gasteiger partial charge in [0.15, 0.2) is 5.82 Å². The van der Waals surface area contributed by atoms with Gasteiger partial charge in [0.1, 0.15) is 5.82 Å². The van der Waals surface area contributed by atoms with Gasteiger partial charge in [0.05, 0.1) is 12.6 Å². The molecule has 0 fully saturated rings. The van der Waals surface area contributed by atoms with Gasteiger partial charge in [-0.2, -0.15) is 5.10 Å². The summed E-state index contributed by atoms with van der Waals surface area (Å²) in [6, 6.07) is 6.50. The fourth-order valence-electron chi connectivity index (χ4n) is 1.97. The van der Waals surface area contributed by atoms with E-state index in [0.717, 1.165) is 11.4 Å². The van der Waals surface area contributed by atoms with E-state index in [9.17, 15) is 9.59 Å². The van der Waals surface area contributed by atoms with Crippen molar-refractivity contribution in [3.05, 3.63) is 30.1 Å². The van der Waals surface area contributed by atoms with Crippen LogP contribution in [0.4, 0.5) is 5.69 Å². The second-order valence-corrected chi connectivity index (χ2v) is 5.86. The van der Waals surface area contributed by atoms with Gasteiger partial charge in [-0.3, -0.25) is 14.7 Å². The molecule has 0 bridgehead atoms. The monoisotopic (exact) mass is 366 g/mol. The summed E-state index contributed by atoms with van der Waals surface area (Å²) in [6.07, 6.45) is 0. The van der Waals surface area contributed by atoms with E-state index in [2.05, 4.69) is 25.8 Å². The van der Waals surface area contributed by atoms with Gasteiger partial charge in [0, 0.05) is 11.3 Å². The number of nitrogens with two attached hydrogens (primary N) is 1. The van der Waals surface area contributed by atoms with Gasteiger partial charge in [-0.15, -0.1) is 12.4 Å². The molecule has 0 aliphatic rings.